The van der Waals surface area contributed by atoms with Gasteiger partial charge in [-0.3, -0.25) is 9.48 Å². The Hall–Kier alpha value is -3.04. The van der Waals surface area contributed by atoms with Crippen LogP contribution in [-0.4, -0.2) is 61.6 Å². The van der Waals surface area contributed by atoms with E-state index in [1.807, 2.05) is 50.4 Å². The molecule has 3 aromatic rings. The average molecular weight is 396 g/mol. The number of hydrogen-bond donors (Lipinski definition) is 0. The van der Waals surface area contributed by atoms with E-state index in [0.717, 1.165) is 11.4 Å². The Labute approximate surface area is 168 Å². The molecule has 1 amide bonds. The van der Waals surface area contributed by atoms with Crippen molar-refractivity contribution in [3.8, 4) is 5.69 Å². The van der Waals surface area contributed by atoms with E-state index in [9.17, 15) is 4.79 Å². The van der Waals surface area contributed by atoms with E-state index >= 15 is 0 Å². The van der Waals surface area contributed by atoms with Crippen molar-refractivity contribution in [1.82, 2.24) is 29.7 Å². The van der Waals surface area contributed by atoms with Crippen LogP contribution in [0.5, 0.6) is 0 Å². The fourth-order valence-corrected chi connectivity index (χ4v) is 3.31. The first kappa shape index (κ1) is 19.3. The molecule has 9 heteroatoms. The first-order valence-corrected chi connectivity index (χ1v) is 9.67. The van der Waals surface area contributed by atoms with Crippen LogP contribution in [0.4, 0.5) is 0 Å². The largest absolute Gasteiger partial charge is 0.348 e. The number of aromatic nitrogens is 5. The summed E-state index contributed by atoms with van der Waals surface area (Å²) in [4.78, 5) is 15.0. The molecule has 0 saturated carbocycles. The molecule has 1 aromatic carbocycles. The molecular weight excluding hydrogens is 372 g/mol. The van der Waals surface area contributed by atoms with Gasteiger partial charge in [-0.2, -0.15) is 5.10 Å². The van der Waals surface area contributed by atoms with Gasteiger partial charge in [0.1, 0.15) is 11.4 Å². The number of rotatable bonds is 7. The lowest BCUT2D eigenvalue weighted by molar-refractivity contribution is -0.0587. The molecule has 0 radical (unpaired) electrons. The maximum absolute atomic E-state index is 13.3. The van der Waals surface area contributed by atoms with Gasteiger partial charge in [0.2, 0.25) is 0 Å². The van der Waals surface area contributed by atoms with Crippen LogP contribution in [0.1, 0.15) is 28.8 Å². The van der Waals surface area contributed by atoms with Gasteiger partial charge in [-0.05, 0) is 32.0 Å². The maximum Gasteiger partial charge on any atom is 0.272 e. The van der Waals surface area contributed by atoms with Gasteiger partial charge < -0.3 is 14.4 Å². The summed E-state index contributed by atoms with van der Waals surface area (Å²) >= 11 is 0. The Bertz CT molecular complexity index is 962. The fourth-order valence-electron chi connectivity index (χ4n) is 3.31. The van der Waals surface area contributed by atoms with E-state index in [-0.39, 0.29) is 5.91 Å². The summed E-state index contributed by atoms with van der Waals surface area (Å²) in [6, 6.07) is 11.5. The van der Waals surface area contributed by atoms with Crippen LogP contribution in [-0.2, 0) is 22.6 Å². The highest BCUT2D eigenvalue weighted by Crippen LogP contribution is 2.15. The van der Waals surface area contributed by atoms with Crippen LogP contribution in [0.2, 0.25) is 0 Å². The zero-order valence-corrected chi connectivity index (χ0v) is 16.6. The Morgan fingerprint density at radius 3 is 2.72 bits per heavy atom. The van der Waals surface area contributed by atoms with Gasteiger partial charge in [0.05, 0.1) is 43.9 Å². The molecule has 29 heavy (non-hydrogen) atoms. The van der Waals surface area contributed by atoms with Crippen LogP contribution in [0.3, 0.4) is 0 Å². The van der Waals surface area contributed by atoms with Gasteiger partial charge in [-0.15, -0.1) is 5.10 Å². The number of carbonyl (C=O) groups excluding carboxylic acids is 1. The second kappa shape index (κ2) is 8.54. The molecule has 1 aliphatic rings. The smallest absolute Gasteiger partial charge is 0.272 e. The molecule has 0 unspecified atom stereocenters. The van der Waals surface area contributed by atoms with Crippen LogP contribution in [0, 0.1) is 6.92 Å². The van der Waals surface area contributed by atoms with Crippen LogP contribution >= 0.6 is 0 Å². The second-order valence-electron chi connectivity index (χ2n) is 6.83. The van der Waals surface area contributed by atoms with Gasteiger partial charge in [-0.1, -0.05) is 23.4 Å². The highest BCUT2D eigenvalue weighted by atomic mass is 16.7. The van der Waals surface area contributed by atoms with Gasteiger partial charge >= 0.3 is 0 Å². The molecular formula is C20H24N6O3. The van der Waals surface area contributed by atoms with Crippen molar-refractivity contribution >= 4 is 5.91 Å². The minimum absolute atomic E-state index is 0.138. The first-order valence-electron chi connectivity index (χ1n) is 9.67. The summed E-state index contributed by atoms with van der Waals surface area (Å²) in [5, 5.41) is 12.8. The lowest BCUT2D eigenvalue weighted by Crippen LogP contribution is -2.38. The molecule has 152 valence electrons. The van der Waals surface area contributed by atoms with E-state index in [2.05, 4.69) is 15.4 Å². The topological polar surface area (TPSA) is 87.3 Å². The summed E-state index contributed by atoms with van der Waals surface area (Å²) in [5.74, 6) is -0.138. The van der Waals surface area contributed by atoms with Gasteiger partial charge in [0.15, 0.2) is 6.29 Å². The van der Waals surface area contributed by atoms with Crippen molar-refractivity contribution in [2.24, 2.45) is 0 Å². The molecule has 0 N–H and O–H groups in total. The zero-order chi connectivity index (χ0) is 20.2. The molecule has 1 saturated heterocycles. The molecule has 0 atom stereocenters. The molecule has 9 nitrogen and oxygen atoms in total. The quantitative estimate of drug-likeness (QED) is 0.605. The molecule has 4 rings (SSSR count). The van der Waals surface area contributed by atoms with Crippen LogP contribution in [0.15, 0.2) is 42.6 Å². The molecule has 0 aliphatic carbocycles. The summed E-state index contributed by atoms with van der Waals surface area (Å²) in [7, 11) is 0. The van der Waals surface area contributed by atoms with E-state index in [0.29, 0.717) is 44.2 Å². The van der Waals surface area contributed by atoms with E-state index in [4.69, 9.17) is 9.47 Å². The highest BCUT2D eigenvalue weighted by molar-refractivity contribution is 5.92. The minimum Gasteiger partial charge on any atom is -0.348 e. The third kappa shape index (κ3) is 4.36. The predicted octanol–water partition coefficient (Wildman–Crippen LogP) is 1.81. The number of nitrogens with zero attached hydrogens (tertiary/aromatic N) is 6. The van der Waals surface area contributed by atoms with Gasteiger partial charge in [-0.25, -0.2) is 4.68 Å². The molecule has 1 fully saturated rings. The minimum atomic E-state index is -0.442. The van der Waals surface area contributed by atoms with Crippen molar-refractivity contribution in [3.63, 3.8) is 0 Å². The lowest BCUT2D eigenvalue weighted by Gasteiger charge is -2.24. The van der Waals surface area contributed by atoms with Gasteiger partial charge in [0, 0.05) is 6.54 Å². The molecule has 0 bridgehead atoms. The summed E-state index contributed by atoms with van der Waals surface area (Å²) < 4.78 is 14.5. The Morgan fingerprint density at radius 2 is 2.00 bits per heavy atom. The number of aryl methyl sites for hydroxylation is 2. The van der Waals surface area contributed by atoms with Crippen LogP contribution < -0.4 is 0 Å². The Balaban J connectivity index is 1.57. The fraction of sp³-hybridized carbons (Fsp3) is 0.400. The average Bonchev–Trinajstić information content (AvgIpc) is 3.49. The molecule has 1 aliphatic heterocycles. The molecule has 3 heterocycles. The second-order valence-corrected chi connectivity index (χ2v) is 6.83. The monoisotopic (exact) mass is 396 g/mol. The van der Waals surface area contributed by atoms with E-state index in [1.54, 1.807) is 20.3 Å². The van der Waals surface area contributed by atoms with Gasteiger partial charge in [0.25, 0.3) is 5.91 Å². The molecule has 0 spiro atoms. The maximum atomic E-state index is 13.3. The zero-order valence-electron chi connectivity index (χ0n) is 16.6. The Morgan fingerprint density at radius 1 is 1.24 bits per heavy atom. The summed E-state index contributed by atoms with van der Waals surface area (Å²) in [6.45, 7) is 6.12. The van der Waals surface area contributed by atoms with Crippen molar-refractivity contribution in [3.05, 3.63) is 59.7 Å². The van der Waals surface area contributed by atoms with E-state index in [1.165, 1.54) is 0 Å². The number of benzene rings is 1. The normalized spacial score (nSPS) is 14.4. The number of ether oxygens (including phenoxy) is 2. The van der Waals surface area contributed by atoms with Crippen molar-refractivity contribution < 1.29 is 14.3 Å². The standard InChI is InChI=1S/C20H24N6O3/c1-3-25-18(11-15(2)22-25)20(27)24(14-19-28-9-10-29-19)12-16-13-26(23-21-16)17-7-5-4-6-8-17/h4-8,11,13,19H,3,9-10,12,14H2,1-2H3. The third-order valence-corrected chi connectivity index (χ3v) is 4.68. The van der Waals surface area contributed by atoms with Crippen molar-refractivity contribution in [1.29, 1.82) is 0 Å². The number of para-hydroxylation sites is 1. The summed E-state index contributed by atoms with van der Waals surface area (Å²) in [5.41, 5.74) is 2.93. The summed E-state index contributed by atoms with van der Waals surface area (Å²) in [6.07, 6.45) is 1.39. The molecule has 2 aromatic heterocycles. The first-order chi connectivity index (χ1) is 14.1. The van der Waals surface area contributed by atoms with Crippen molar-refractivity contribution in [2.45, 2.75) is 33.2 Å². The SMILES string of the molecule is CCn1nc(C)cc1C(=O)N(Cc1cn(-c2ccccc2)nn1)CC1OCCO1. The number of carbonyl (C=O) groups is 1. The van der Waals surface area contributed by atoms with Crippen molar-refractivity contribution in [2.75, 3.05) is 19.8 Å². The van der Waals surface area contributed by atoms with Crippen LogP contribution in [0.25, 0.3) is 5.69 Å². The number of amides is 1. The predicted molar refractivity (Wildman–Crippen MR) is 104 cm³/mol. The third-order valence-electron chi connectivity index (χ3n) is 4.68. The lowest BCUT2D eigenvalue weighted by atomic mass is 10.3. The Kier molecular flexibility index (Phi) is 5.68. The van der Waals surface area contributed by atoms with E-state index < -0.39 is 6.29 Å². The number of hydrogen-bond acceptors (Lipinski definition) is 6. The highest BCUT2D eigenvalue weighted by Gasteiger charge is 2.27.